The van der Waals surface area contributed by atoms with Crippen LogP contribution in [0.2, 0.25) is 0 Å². The van der Waals surface area contributed by atoms with Gasteiger partial charge in [-0.3, -0.25) is 0 Å². The molecule has 0 bridgehead atoms. The van der Waals surface area contributed by atoms with Gasteiger partial charge in [0.25, 0.3) is 0 Å². The molecule has 3 rings (SSSR count). The number of aliphatic carboxylic acids is 1. The highest BCUT2D eigenvalue weighted by molar-refractivity contribution is 5.98. The first-order valence-corrected chi connectivity index (χ1v) is 9.46. The third-order valence-electron chi connectivity index (χ3n) is 4.81. The highest BCUT2D eigenvalue weighted by Gasteiger charge is 2.13. The van der Waals surface area contributed by atoms with Gasteiger partial charge in [0.2, 0.25) is 0 Å². The van der Waals surface area contributed by atoms with Gasteiger partial charge >= 0.3 is 5.97 Å². The van der Waals surface area contributed by atoms with E-state index in [1.807, 2.05) is 31.2 Å². The first-order valence-electron chi connectivity index (χ1n) is 9.46. The second-order valence-corrected chi connectivity index (χ2v) is 6.68. The van der Waals surface area contributed by atoms with Crippen molar-refractivity contribution in [1.29, 1.82) is 0 Å². The first-order chi connectivity index (χ1) is 13.6. The predicted octanol–water partition coefficient (Wildman–Crippen LogP) is 6.54. The maximum absolute atomic E-state index is 10.9. The van der Waals surface area contributed by atoms with E-state index < -0.39 is 5.97 Å². The second kappa shape index (κ2) is 9.01. The molecule has 0 saturated heterocycles. The zero-order valence-corrected chi connectivity index (χ0v) is 16.2. The SMILES string of the molecule is CCC(=C(c1ccccc1)c1ccc(C(C)=CC(=O)O)cc1)c1ccccc1. The Morgan fingerprint density at radius 3 is 1.71 bits per heavy atom. The zero-order valence-electron chi connectivity index (χ0n) is 16.2. The molecule has 0 spiro atoms. The number of carbonyl (C=O) groups is 1. The summed E-state index contributed by atoms with van der Waals surface area (Å²) in [4.78, 5) is 10.9. The van der Waals surface area contributed by atoms with E-state index >= 15 is 0 Å². The van der Waals surface area contributed by atoms with Gasteiger partial charge in [0, 0.05) is 6.08 Å². The molecule has 0 unspecified atom stereocenters. The molecule has 0 radical (unpaired) electrons. The maximum Gasteiger partial charge on any atom is 0.328 e. The third kappa shape index (κ3) is 4.47. The summed E-state index contributed by atoms with van der Waals surface area (Å²) in [6.07, 6.45) is 2.15. The summed E-state index contributed by atoms with van der Waals surface area (Å²) >= 11 is 0. The quantitative estimate of drug-likeness (QED) is 0.396. The summed E-state index contributed by atoms with van der Waals surface area (Å²) in [5.41, 5.74) is 7.67. The Hall–Kier alpha value is -3.39. The molecule has 0 aliphatic carbocycles. The largest absolute Gasteiger partial charge is 0.478 e. The Bertz CT molecular complexity index is 995. The molecule has 0 aliphatic heterocycles. The van der Waals surface area contributed by atoms with E-state index in [4.69, 9.17) is 5.11 Å². The number of rotatable bonds is 6. The summed E-state index contributed by atoms with van der Waals surface area (Å²) < 4.78 is 0. The second-order valence-electron chi connectivity index (χ2n) is 6.68. The summed E-state index contributed by atoms with van der Waals surface area (Å²) in [5, 5.41) is 8.98. The molecule has 28 heavy (non-hydrogen) atoms. The number of hydrogen-bond donors (Lipinski definition) is 1. The minimum atomic E-state index is -0.927. The molecule has 0 aromatic heterocycles. The van der Waals surface area contributed by atoms with Crippen molar-refractivity contribution < 1.29 is 9.90 Å². The van der Waals surface area contributed by atoms with Gasteiger partial charge in [0.15, 0.2) is 0 Å². The number of benzene rings is 3. The molecule has 1 N–H and O–H groups in total. The fourth-order valence-corrected chi connectivity index (χ4v) is 3.45. The lowest BCUT2D eigenvalue weighted by Gasteiger charge is -2.17. The lowest BCUT2D eigenvalue weighted by Crippen LogP contribution is -1.95. The topological polar surface area (TPSA) is 37.3 Å². The van der Waals surface area contributed by atoms with Crippen molar-refractivity contribution in [2.24, 2.45) is 0 Å². The Labute approximate surface area is 166 Å². The van der Waals surface area contributed by atoms with E-state index in [-0.39, 0.29) is 0 Å². The van der Waals surface area contributed by atoms with E-state index in [0.717, 1.165) is 23.1 Å². The minimum Gasteiger partial charge on any atom is -0.478 e. The van der Waals surface area contributed by atoms with Gasteiger partial charge in [-0.1, -0.05) is 91.9 Å². The standard InChI is InChI=1S/C26H24O2/c1-3-24(21-10-6-4-7-11-21)26(22-12-8-5-9-13-22)23-16-14-20(15-17-23)19(2)18-25(27)28/h4-18H,3H2,1-2H3,(H,27,28). The molecule has 0 atom stereocenters. The molecule has 0 aliphatic rings. The third-order valence-corrected chi connectivity index (χ3v) is 4.81. The maximum atomic E-state index is 10.9. The van der Waals surface area contributed by atoms with Crippen LogP contribution in [0.25, 0.3) is 16.7 Å². The van der Waals surface area contributed by atoms with Crippen LogP contribution in [0.3, 0.4) is 0 Å². The fraction of sp³-hybridized carbons (Fsp3) is 0.115. The van der Waals surface area contributed by atoms with Crippen molar-refractivity contribution in [2.45, 2.75) is 20.3 Å². The van der Waals surface area contributed by atoms with E-state index in [0.29, 0.717) is 0 Å². The average molecular weight is 368 g/mol. The van der Waals surface area contributed by atoms with Crippen LogP contribution in [-0.4, -0.2) is 11.1 Å². The summed E-state index contributed by atoms with van der Waals surface area (Å²) in [6.45, 7) is 4.00. The zero-order chi connectivity index (χ0) is 19.9. The van der Waals surface area contributed by atoms with Crippen LogP contribution < -0.4 is 0 Å². The molecule has 0 saturated carbocycles. The van der Waals surface area contributed by atoms with Crippen LogP contribution in [0, 0.1) is 0 Å². The molecule has 0 amide bonds. The van der Waals surface area contributed by atoms with Crippen LogP contribution in [0.1, 0.15) is 42.5 Å². The molecule has 140 valence electrons. The minimum absolute atomic E-state index is 0.739. The highest BCUT2D eigenvalue weighted by atomic mass is 16.4. The summed E-state index contributed by atoms with van der Waals surface area (Å²) in [6, 6.07) is 29.0. The van der Waals surface area contributed by atoms with Gasteiger partial charge in [0.1, 0.15) is 0 Å². The van der Waals surface area contributed by atoms with Gasteiger partial charge in [-0.05, 0) is 52.3 Å². The van der Waals surface area contributed by atoms with Crippen molar-refractivity contribution in [2.75, 3.05) is 0 Å². The van der Waals surface area contributed by atoms with E-state index in [2.05, 4.69) is 67.6 Å². The van der Waals surface area contributed by atoms with Crippen molar-refractivity contribution >= 4 is 22.7 Å². The van der Waals surface area contributed by atoms with Crippen LogP contribution in [0.15, 0.2) is 91.0 Å². The number of carboxylic acid groups (broad SMARTS) is 1. The Balaban J connectivity index is 2.16. The van der Waals surface area contributed by atoms with Gasteiger partial charge in [0.05, 0.1) is 0 Å². The van der Waals surface area contributed by atoms with Gasteiger partial charge in [-0.15, -0.1) is 0 Å². The molecule has 3 aromatic rings. The van der Waals surface area contributed by atoms with Crippen LogP contribution in [0.4, 0.5) is 0 Å². The highest BCUT2D eigenvalue weighted by Crippen LogP contribution is 2.34. The monoisotopic (exact) mass is 368 g/mol. The average Bonchev–Trinajstić information content (AvgIpc) is 2.73. The molecule has 2 heteroatoms. The summed E-state index contributed by atoms with van der Waals surface area (Å²) in [5.74, 6) is -0.927. The summed E-state index contributed by atoms with van der Waals surface area (Å²) in [7, 11) is 0. The van der Waals surface area contributed by atoms with Crippen molar-refractivity contribution in [3.8, 4) is 0 Å². The number of hydrogen-bond acceptors (Lipinski definition) is 1. The number of carboxylic acids is 1. The van der Waals surface area contributed by atoms with Crippen LogP contribution in [-0.2, 0) is 4.79 Å². The lowest BCUT2D eigenvalue weighted by molar-refractivity contribution is -0.131. The van der Waals surface area contributed by atoms with Crippen LogP contribution in [0.5, 0.6) is 0 Å². The Morgan fingerprint density at radius 1 is 0.750 bits per heavy atom. The van der Waals surface area contributed by atoms with Crippen molar-refractivity contribution in [3.05, 3.63) is 113 Å². The smallest absolute Gasteiger partial charge is 0.328 e. The Kier molecular flexibility index (Phi) is 6.23. The van der Waals surface area contributed by atoms with Crippen molar-refractivity contribution in [1.82, 2.24) is 0 Å². The van der Waals surface area contributed by atoms with Gasteiger partial charge in [-0.2, -0.15) is 0 Å². The lowest BCUT2D eigenvalue weighted by atomic mass is 9.87. The molecule has 0 heterocycles. The normalized spacial score (nSPS) is 12.4. The van der Waals surface area contributed by atoms with E-state index in [9.17, 15) is 4.79 Å². The molecule has 3 aromatic carbocycles. The van der Waals surface area contributed by atoms with Crippen molar-refractivity contribution in [3.63, 3.8) is 0 Å². The van der Waals surface area contributed by atoms with Gasteiger partial charge in [-0.25, -0.2) is 4.79 Å². The van der Waals surface area contributed by atoms with Crippen LogP contribution >= 0.6 is 0 Å². The van der Waals surface area contributed by atoms with E-state index in [1.54, 1.807) is 0 Å². The Morgan fingerprint density at radius 2 is 1.21 bits per heavy atom. The predicted molar refractivity (Wildman–Crippen MR) is 117 cm³/mol. The molecular formula is C26H24O2. The fourth-order valence-electron chi connectivity index (χ4n) is 3.45. The molecule has 2 nitrogen and oxygen atoms in total. The van der Waals surface area contributed by atoms with E-state index in [1.165, 1.54) is 28.3 Å². The molecule has 0 fully saturated rings. The van der Waals surface area contributed by atoms with Gasteiger partial charge < -0.3 is 5.11 Å². The number of allylic oxidation sites excluding steroid dienone is 2. The first kappa shape index (κ1) is 19.4. The molecular weight excluding hydrogens is 344 g/mol.